The van der Waals surface area contributed by atoms with Crippen molar-refractivity contribution < 1.29 is 14.4 Å². The molecular formula is C7H8N4O. The summed E-state index contributed by atoms with van der Waals surface area (Å²) in [5, 5.41) is 0. The molecule has 0 spiro atoms. The van der Waals surface area contributed by atoms with Crippen molar-refractivity contribution in [2.24, 2.45) is 5.92 Å². The SMILES string of the molecule is CC(=O)C1CCC(=[N+]=[N-])C1=[N+]=[N-]. The van der Waals surface area contributed by atoms with E-state index in [4.69, 9.17) is 11.1 Å². The van der Waals surface area contributed by atoms with Crippen molar-refractivity contribution in [1.29, 1.82) is 0 Å². The minimum Gasteiger partial charge on any atom is -0.361 e. The summed E-state index contributed by atoms with van der Waals surface area (Å²) in [7, 11) is 0. The molecule has 0 saturated heterocycles. The van der Waals surface area contributed by atoms with Crippen LogP contribution < -0.4 is 0 Å². The van der Waals surface area contributed by atoms with Crippen molar-refractivity contribution in [1.82, 2.24) is 0 Å². The normalized spacial score (nSPS) is 21.9. The number of carbonyl (C=O) groups is 1. The highest BCUT2D eigenvalue weighted by Gasteiger charge is 2.44. The zero-order valence-electron chi connectivity index (χ0n) is 6.69. The predicted octanol–water partition coefficient (Wildman–Crippen LogP) is 0.327. The second kappa shape index (κ2) is 3.22. The van der Waals surface area contributed by atoms with Crippen LogP contribution >= 0.6 is 0 Å². The smallest absolute Gasteiger partial charge is 0.361 e. The van der Waals surface area contributed by atoms with Crippen LogP contribution in [0.3, 0.4) is 0 Å². The number of hydrogen-bond donors (Lipinski definition) is 0. The molecule has 5 heteroatoms. The Morgan fingerprint density at radius 1 is 1.50 bits per heavy atom. The van der Waals surface area contributed by atoms with E-state index in [1.165, 1.54) is 6.92 Å². The summed E-state index contributed by atoms with van der Waals surface area (Å²) in [6, 6.07) is 0. The van der Waals surface area contributed by atoms with Crippen molar-refractivity contribution >= 4 is 17.2 Å². The highest BCUT2D eigenvalue weighted by atomic mass is 16.1. The van der Waals surface area contributed by atoms with Crippen LogP contribution in [0.5, 0.6) is 0 Å². The minimum atomic E-state index is -0.402. The number of ketones is 1. The van der Waals surface area contributed by atoms with Crippen LogP contribution in [0.2, 0.25) is 0 Å². The van der Waals surface area contributed by atoms with E-state index in [0.717, 1.165) is 0 Å². The summed E-state index contributed by atoms with van der Waals surface area (Å²) in [6.45, 7) is 1.43. The van der Waals surface area contributed by atoms with Gasteiger partial charge in [-0.25, -0.2) is 0 Å². The molecule has 1 rings (SSSR count). The second-order valence-corrected chi connectivity index (χ2v) is 2.73. The van der Waals surface area contributed by atoms with Gasteiger partial charge in [0, 0.05) is 0 Å². The fourth-order valence-electron chi connectivity index (χ4n) is 1.37. The first kappa shape index (κ1) is 8.53. The Bertz CT molecular complexity index is 320. The molecule has 1 aliphatic carbocycles. The highest BCUT2D eigenvalue weighted by molar-refractivity contribution is 6.43. The standard InChI is InChI=1S/C7H8N4O/c1-4(12)5-2-3-6(10-8)7(5)11-9/h5H,2-3H2,1H3. The maximum atomic E-state index is 10.9. The number of hydrogen-bond acceptors (Lipinski definition) is 1. The van der Waals surface area contributed by atoms with Gasteiger partial charge in [-0.15, -0.1) is 0 Å². The molecule has 0 heterocycles. The molecular weight excluding hydrogens is 156 g/mol. The van der Waals surface area contributed by atoms with Gasteiger partial charge in [0.1, 0.15) is 11.7 Å². The Balaban J connectivity index is 3.08. The van der Waals surface area contributed by atoms with Crippen LogP contribution in [-0.4, -0.2) is 26.8 Å². The van der Waals surface area contributed by atoms with Gasteiger partial charge < -0.3 is 11.1 Å². The van der Waals surface area contributed by atoms with Gasteiger partial charge in [-0.2, -0.15) is 9.58 Å². The summed E-state index contributed by atoms with van der Waals surface area (Å²) in [5.41, 5.74) is 17.5. The second-order valence-electron chi connectivity index (χ2n) is 2.73. The van der Waals surface area contributed by atoms with Crippen molar-refractivity contribution in [3.05, 3.63) is 11.1 Å². The van der Waals surface area contributed by atoms with Crippen LogP contribution in [-0.2, 0) is 4.79 Å². The molecule has 62 valence electrons. The van der Waals surface area contributed by atoms with Crippen LogP contribution in [0.15, 0.2) is 0 Å². The maximum absolute atomic E-state index is 10.9. The molecule has 0 amide bonds. The molecule has 0 aromatic rings. The highest BCUT2D eigenvalue weighted by Crippen LogP contribution is 2.18. The molecule has 0 N–H and O–H groups in total. The van der Waals surface area contributed by atoms with Gasteiger partial charge in [-0.3, -0.25) is 4.79 Å². The van der Waals surface area contributed by atoms with E-state index < -0.39 is 5.92 Å². The van der Waals surface area contributed by atoms with Gasteiger partial charge in [0.15, 0.2) is 0 Å². The number of nitrogens with zero attached hydrogens (tertiary/aromatic N) is 4. The molecule has 0 bridgehead atoms. The van der Waals surface area contributed by atoms with Gasteiger partial charge in [0.2, 0.25) is 0 Å². The third-order valence-corrected chi connectivity index (χ3v) is 2.01. The fourth-order valence-corrected chi connectivity index (χ4v) is 1.37. The lowest BCUT2D eigenvalue weighted by atomic mass is 10.0. The Hall–Kier alpha value is -1.57. The first-order valence-electron chi connectivity index (χ1n) is 3.64. The number of carbonyl (C=O) groups excluding carboxylic acids is 1. The first-order valence-corrected chi connectivity index (χ1v) is 3.64. The van der Waals surface area contributed by atoms with Gasteiger partial charge >= 0.3 is 11.4 Å². The van der Waals surface area contributed by atoms with Crippen molar-refractivity contribution in [3.63, 3.8) is 0 Å². The van der Waals surface area contributed by atoms with Gasteiger partial charge in [-0.1, -0.05) is 0 Å². The van der Waals surface area contributed by atoms with E-state index in [1.807, 2.05) is 0 Å². The molecule has 12 heavy (non-hydrogen) atoms. The summed E-state index contributed by atoms with van der Waals surface area (Å²) < 4.78 is 0. The lowest BCUT2D eigenvalue weighted by Gasteiger charge is -1.93. The van der Waals surface area contributed by atoms with E-state index in [9.17, 15) is 4.79 Å². The first-order chi connectivity index (χ1) is 5.70. The Morgan fingerprint density at radius 2 is 2.17 bits per heavy atom. The van der Waals surface area contributed by atoms with Crippen LogP contribution in [0, 0.1) is 5.92 Å². The predicted molar refractivity (Wildman–Crippen MR) is 40.7 cm³/mol. The van der Waals surface area contributed by atoms with E-state index in [2.05, 4.69) is 9.58 Å². The molecule has 0 aromatic heterocycles. The largest absolute Gasteiger partial charge is 0.385 e. The molecule has 1 atom stereocenters. The van der Waals surface area contributed by atoms with Gasteiger partial charge in [0.25, 0.3) is 0 Å². The monoisotopic (exact) mass is 164 g/mol. The van der Waals surface area contributed by atoms with E-state index in [-0.39, 0.29) is 11.5 Å². The van der Waals surface area contributed by atoms with Crippen molar-refractivity contribution in [2.45, 2.75) is 19.8 Å². The molecule has 0 aliphatic heterocycles. The Morgan fingerprint density at radius 3 is 2.58 bits per heavy atom. The average molecular weight is 164 g/mol. The number of Topliss-reactive ketones (excluding diaryl/α,β-unsaturated/α-hetero) is 1. The molecule has 0 aromatic carbocycles. The van der Waals surface area contributed by atoms with Crippen LogP contribution in [0.25, 0.3) is 11.1 Å². The molecule has 1 aliphatic rings. The third kappa shape index (κ3) is 1.23. The molecule has 1 saturated carbocycles. The summed E-state index contributed by atoms with van der Waals surface area (Å²) >= 11 is 0. The zero-order chi connectivity index (χ0) is 9.14. The maximum Gasteiger partial charge on any atom is 0.385 e. The molecule has 1 fully saturated rings. The van der Waals surface area contributed by atoms with E-state index >= 15 is 0 Å². The lowest BCUT2D eigenvalue weighted by Crippen LogP contribution is -2.21. The quantitative estimate of drug-likeness (QED) is 0.405. The van der Waals surface area contributed by atoms with E-state index in [0.29, 0.717) is 18.6 Å². The van der Waals surface area contributed by atoms with Gasteiger partial charge in [-0.05, 0) is 13.3 Å². The summed E-state index contributed by atoms with van der Waals surface area (Å²) in [6.07, 6.45) is 1.05. The molecule has 5 nitrogen and oxygen atoms in total. The van der Waals surface area contributed by atoms with Gasteiger partial charge in [0.05, 0.1) is 6.42 Å². The minimum absolute atomic E-state index is 0.0681. The Kier molecular flexibility index (Phi) is 2.29. The zero-order valence-corrected chi connectivity index (χ0v) is 6.69. The van der Waals surface area contributed by atoms with E-state index in [1.54, 1.807) is 0 Å². The average Bonchev–Trinajstić information content (AvgIpc) is 2.46. The summed E-state index contributed by atoms with van der Waals surface area (Å²) in [5.74, 6) is -0.470. The third-order valence-electron chi connectivity index (χ3n) is 2.01. The lowest BCUT2D eigenvalue weighted by molar-refractivity contribution is -0.119. The van der Waals surface area contributed by atoms with Crippen LogP contribution in [0.4, 0.5) is 0 Å². The number of rotatable bonds is 1. The van der Waals surface area contributed by atoms with Crippen LogP contribution in [0.1, 0.15) is 19.8 Å². The Labute approximate surface area is 69.2 Å². The van der Waals surface area contributed by atoms with Crippen molar-refractivity contribution in [3.8, 4) is 0 Å². The van der Waals surface area contributed by atoms with Crippen molar-refractivity contribution in [2.75, 3.05) is 0 Å². The summed E-state index contributed by atoms with van der Waals surface area (Å²) in [4.78, 5) is 16.8. The fraction of sp³-hybridized carbons (Fsp3) is 0.571. The topological polar surface area (TPSA) is 89.9 Å². The molecule has 1 unspecified atom stereocenters. The molecule has 0 radical (unpaired) electrons.